The highest BCUT2D eigenvalue weighted by atomic mass is 16.5. The predicted molar refractivity (Wildman–Crippen MR) is 51.3 cm³/mol. The van der Waals surface area contributed by atoms with Crippen LogP contribution in [0.2, 0.25) is 0 Å². The zero-order chi connectivity index (χ0) is 9.56. The molecule has 0 saturated heterocycles. The molecule has 0 rings (SSSR count). The van der Waals surface area contributed by atoms with Crippen molar-refractivity contribution in [3.8, 4) is 0 Å². The highest BCUT2D eigenvalue weighted by molar-refractivity contribution is 4.54. The van der Waals surface area contributed by atoms with Gasteiger partial charge in [0, 0.05) is 0 Å². The van der Waals surface area contributed by atoms with Gasteiger partial charge in [-0.1, -0.05) is 13.8 Å². The molecular weight excluding hydrogens is 152 g/mol. The van der Waals surface area contributed by atoms with E-state index in [9.17, 15) is 0 Å². The van der Waals surface area contributed by atoms with E-state index >= 15 is 0 Å². The summed E-state index contributed by atoms with van der Waals surface area (Å²) in [6, 6.07) is 0. The van der Waals surface area contributed by atoms with Gasteiger partial charge in [-0.05, 0) is 26.7 Å². The minimum absolute atomic E-state index is 0.308. The van der Waals surface area contributed by atoms with Gasteiger partial charge >= 0.3 is 0 Å². The molecule has 0 heterocycles. The molecular formula is C10H22O2. The number of ether oxygens (including phenoxy) is 2. The van der Waals surface area contributed by atoms with Crippen molar-refractivity contribution in [3.05, 3.63) is 0 Å². The van der Waals surface area contributed by atoms with E-state index in [1.165, 1.54) is 0 Å². The minimum atomic E-state index is 0.308. The van der Waals surface area contributed by atoms with Crippen molar-refractivity contribution in [2.45, 2.75) is 46.8 Å². The Kier molecular flexibility index (Phi) is 6.39. The highest BCUT2D eigenvalue weighted by Gasteiger charge is 2.06. The molecule has 2 heteroatoms. The van der Waals surface area contributed by atoms with Crippen molar-refractivity contribution in [1.29, 1.82) is 0 Å². The van der Waals surface area contributed by atoms with Crippen molar-refractivity contribution < 1.29 is 9.47 Å². The van der Waals surface area contributed by atoms with Crippen LogP contribution in [0.5, 0.6) is 0 Å². The number of hydrogen-bond acceptors (Lipinski definition) is 2. The summed E-state index contributed by atoms with van der Waals surface area (Å²) in [4.78, 5) is 0. The molecule has 74 valence electrons. The third kappa shape index (κ3) is 6.62. The Morgan fingerprint density at radius 3 is 1.75 bits per heavy atom. The molecule has 2 nitrogen and oxygen atoms in total. The lowest BCUT2D eigenvalue weighted by molar-refractivity contribution is -0.0207. The molecule has 0 bridgehead atoms. The van der Waals surface area contributed by atoms with E-state index in [1.54, 1.807) is 0 Å². The lowest BCUT2D eigenvalue weighted by atomic mass is 10.1. The zero-order valence-corrected chi connectivity index (χ0v) is 8.96. The van der Waals surface area contributed by atoms with Gasteiger partial charge in [-0.3, -0.25) is 0 Å². The molecule has 0 amide bonds. The minimum Gasteiger partial charge on any atom is -0.376 e. The lowest BCUT2D eigenvalue weighted by Gasteiger charge is -2.16. The first-order chi connectivity index (χ1) is 5.54. The van der Waals surface area contributed by atoms with E-state index < -0.39 is 0 Å². The second kappa shape index (κ2) is 6.44. The molecule has 0 saturated carbocycles. The fraction of sp³-hybridized carbons (Fsp3) is 1.00. The Balaban J connectivity index is 3.20. The Labute approximate surface area is 76.3 Å². The highest BCUT2D eigenvalue weighted by Crippen LogP contribution is 2.04. The van der Waals surface area contributed by atoms with E-state index in [4.69, 9.17) is 9.47 Å². The molecule has 0 aliphatic heterocycles. The van der Waals surface area contributed by atoms with Crippen molar-refractivity contribution >= 4 is 0 Å². The molecule has 1 unspecified atom stereocenters. The van der Waals surface area contributed by atoms with E-state index in [2.05, 4.69) is 20.8 Å². The van der Waals surface area contributed by atoms with Crippen LogP contribution < -0.4 is 0 Å². The monoisotopic (exact) mass is 174 g/mol. The lowest BCUT2D eigenvalue weighted by Crippen LogP contribution is -2.19. The van der Waals surface area contributed by atoms with Crippen LogP contribution in [0.1, 0.15) is 34.6 Å². The maximum absolute atomic E-state index is 5.53. The molecule has 0 radical (unpaired) electrons. The van der Waals surface area contributed by atoms with Crippen LogP contribution in [-0.4, -0.2) is 25.4 Å². The Bertz CT molecular complexity index is 100. The van der Waals surface area contributed by atoms with E-state index in [-0.39, 0.29) is 0 Å². The average Bonchev–Trinajstić information content (AvgIpc) is 1.97. The van der Waals surface area contributed by atoms with Gasteiger partial charge in [0.2, 0.25) is 0 Å². The molecule has 0 aromatic heterocycles. The third-order valence-electron chi connectivity index (χ3n) is 1.85. The van der Waals surface area contributed by atoms with E-state index in [1.807, 2.05) is 13.8 Å². The smallest absolute Gasteiger partial charge is 0.0704 e. The van der Waals surface area contributed by atoms with Crippen LogP contribution in [0.4, 0.5) is 0 Å². The van der Waals surface area contributed by atoms with E-state index in [0.29, 0.717) is 31.3 Å². The number of hydrogen-bond donors (Lipinski definition) is 0. The molecule has 0 spiro atoms. The summed E-state index contributed by atoms with van der Waals surface area (Å²) < 4.78 is 10.9. The van der Waals surface area contributed by atoms with Crippen LogP contribution in [0.3, 0.4) is 0 Å². The van der Waals surface area contributed by atoms with Crippen LogP contribution in [0.15, 0.2) is 0 Å². The molecule has 0 aromatic carbocycles. The fourth-order valence-corrected chi connectivity index (χ4v) is 0.710. The molecule has 0 fully saturated rings. The van der Waals surface area contributed by atoms with Crippen LogP contribution in [0, 0.1) is 5.92 Å². The van der Waals surface area contributed by atoms with Crippen molar-refractivity contribution in [1.82, 2.24) is 0 Å². The summed E-state index contributed by atoms with van der Waals surface area (Å²) in [5.41, 5.74) is 0. The average molecular weight is 174 g/mol. The molecule has 1 atom stereocenters. The van der Waals surface area contributed by atoms with Crippen LogP contribution >= 0.6 is 0 Å². The fourth-order valence-electron chi connectivity index (χ4n) is 0.710. The van der Waals surface area contributed by atoms with Gasteiger partial charge in [0.1, 0.15) is 0 Å². The summed E-state index contributed by atoms with van der Waals surface area (Å²) in [5.74, 6) is 0.587. The standard InChI is InChI=1S/C10H22O2/c1-8(2)10(5)12-7-6-11-9(3)4/h8-10H,6-7H2,1-5H3. The normalized spacial score (nSPS) is 14.2. The Hall–Kier alpha value is -0.0800. The first-order valence-electron chi connectivity index (χ1n) is 4.77. The first kappa shape index (κ1) is 11.9. The second-order valence-corrected chi connectivity index (χ2v) is 3.74. The van der Waals surface area contributed by atoms with Crippen LogP contribution in [-0.2, 0) is 9.47 Å². The molecule has 0 aliphatic carbocycles. The summed E-state index contributed by atoms with van der Waals surface area (Å²) >= 11 is 0. The van der Waals surface area contributed by atoms with Crippen molar-refractivity contribution in [2.24, 2.45) is 5.92 Å². The van der Waals surface area contributed by atoms with E-state index in [0.717, 1.165) is 0 Å². The maximum atomic E-state index is 5.53. The second-order valence-electron chi connectivity index (χ2n) is 3.74. The zero-order valence-electron chi connectivity index (χ0n) is 8.96. The maximum Gasteiger partial charge on any atom is 0.0704 e. The molecule has 0 N–H and O–H groups in total. The SMILES string of the molecule is CC(C)OCCOC(C)C(C)C. The first-order valence-corrected chi connectivity index (χ1v) is 4.77. The summed E-state index contributed by atoms with van der Waals surface area (Å²) in [6.07, 6.45) is 0.642. The quantitative estimate of drug-likeness (QED) is 0.576. The predicted octanol–water partition coefficient (Wildman–Crippen LogP) is 2.47. The summed E-state index contributed by atoms with van der Waals surface area (Å²) in [6.45, 7) is 11.9. The third-order valence-corrected chi connectivity index (χ3v) is 1.85. The van der Waals surface area contributed by atoms with Gasteiger partial charge in [-0.2, -0.15) is 0 Å². The van der Waals surface area contributed by atoms with Gasteiger partial charge in [-0.25, -0.2) is 0 Å². The Morgan fingerprint density at radius 2 is 1.33 bits per heavy atom. The molecule has 0 aromatic rings. The summed E-state index contributed by atoms with van der Waals surface area (Å²) in [5, 5.41) is 0. The largest absolute Gasteiger partial charge is 0.376 e. The topological polar surface area (TPSA) is 18.5 Å². The van der Waals surface area contributed by atoms with Gasteiger partial charge in [-0.15, -0.1) is 0 Å². The van der Waals surface area contributed by atoms with Gasteiger partial charge in [0.25, 0.3) is 0 Å². The van der Waals surface area contributed by atoms with Crippen molar-refractivity contribution in [2.75, 3.05) is 13.2 Å². The van der Waals surface area contributed by atoms with Crippen molar-refractivity contribution in [3.63, 3.8) is 0 Å². The molecule has 12 heavy (non-hydrogen) atoms. The van der Waals surface area contributed by atoms with Crippen LogP contribution in [0.25, 0.3) is 0 Å². The molecule has 0 aliphatic rings. The number of rotatable bonds is 6. The summed E-state index contributed by atoms with van der Waals surface area (Å²) in [7, 11) is 0. The van der Waals surface area contributed by atoms with Gasteiger partial charge in [0.15, 0.2) is 0 Å². The Morgan fingerprint density at radius 1 is 0.833 bits per heavy atom. The van der Waals surface area contributed by atoms with Gasteiger partial charge in [0.05, 0.1) is 25.4 Å². The van der Waals surface area contributed by atoms with Gasteiger partial charge < -0.3 is 9.47 Å².